The second-order valence-electron chi connectivity index (χ2n) is 4.57. The summed E-state index contributed by atoms with van der Waals surface area (Å²) in [5.74, 6) is -0.0237. The van der Waals surface area contributed by atoms with Gasteiger partial charge in [0, 0.05) is 30.4 Å². The minimum atomic E-state index is -0.0180. The second kappa shape index (κ2) is 3.56. The Kier molecular flexibility index (Phi) is 2.16. The third-order valence-electron chi connectivity index (χ3n) is 3.17. The number of amides is 2. The van der Waals surface area contributed by atoms with Crippen molar-refractivity contribution in [3.05, 3.63) is 29.3 Å². The summed E-state index contributed by atoms with van der Waals surface area (Å²) in [4.78, 5) is 24.9. The number of hydrogen-bond donors (Lipinski definition) is 2. The molecule has 17 heavy (non-hydrogen) atoms. The van der Waals surface area contributed by atoms with Crippen LogP contribution < -0.4 is 11.1 Å². The van der Waals surface area contributed by atoms with Gasteiger partial charge in [-0.2, -0.15) is 0 Å². The van der Waals surface area contributed by atoms with Crippen molar-refractivity contribution < 1.29 is 9.59 Å². The molecule has 88 valence electrons. The van der Waals surface area contributed by atoms with E-state index in [1.165, 1.54) is 0 Å². The summed E-state index contributed by atoms with van der Waals surface area (Å²) in [6.07, 6.45) is 0.357. The van der Waals surface area contributed by atoms with Gasteiger partial charge in [0.1, 0.15) is 0 Å². The van der Waals surface area contributed by atoms with Crippen LogP contribution in [0.1, 0.15) is 15.9 Å². The van der Waals surface area contributed by atoms with Gasteiger partial charge in [0.05, 0.1) is 6.42 Å². The molecule has 0 bridgehead atoms. The van der Waals surface area contributed by atoms with E-state index in [2.05, 4.69) is 5.32 Å². The molecule has 3 N–H and O–H groups in total. The van der Waals surface area contributed by atoms with Crippen molar-refractivity contribution in [3.63, 3.8) is 0 Å². The van der Waals surface area contributed by atoms with Crippen LogP contribution >= 0.6 is 0 Å². The van der Waals surface area contributed by atoms with Crippen LogP contribution in [-0.2, 0) is 11.2 Å². The van der Waals surface area contributed by atoms with Crippen LogP contribution in [0, 0.1) is 0 Å². The lowest BCUT2D eigenvalue weighted by Crippen LogP contribution is -2.57. The zero-order valence-corrected chi connectivity index (χ0v) is 9.27. The summed E-state index contributed by atoms with van der Waals surface area (Å²) in [5.41, 5.74) is 7.98. The molecule has 5 heteroatoms. The summed E-state index contributed by atoms with van der Waals surface area (Å²) >= 11 is 0. The van der Waals surface area contributed by atoms with Gasteiger partial charge in [-0.25, -0.2) is 0 Å². The first-order valence-electron chi connectivity index (χ1n) is 5.61. The number of nitrogens with zero attached hydrogens (tertiary/aromatic N) is 1. The van der Waals surface area contributed by atoms with E-state index >= 15 is 0 Å². The van der Waals surface area contributed by atoms with E-state index in [1.54, 1.807) is 23.1 Å². The quantitative estimate of drug-likeness (QED) is 0.712. The molecule has 2 aliphatic heterocycles. The van der Waals surface area contributed by atoms with Crippen LogP contribution in [0.25, 0.3) is 0 Å². The maximum absolute atomic E-state index is 12.0. The van der Waals surface area contributed by atoms with Crippen molar-refractivity contribution >= 4 is 17.5 Å². The highest BCUT2D eigenvalue weighted by Gasteiger charge is 2.29. The van der Waals surface area contributed by atoms with E-state index in [0.29, 0.717) is 25.1 Å². The standard InChI is InChI=1S/C12H13N3O2/c13-9-5-15(6-9)12(17)7-1-2-10-8(3-7)4-11(16)14-10/h1-3,9H,4-6,13H2,(H,14,16). The Balaban J connectivity index is 1.83. The highest BCUT2D eigenvalue weighted by molar-refractivity contribution is 6.01. The van der Waals surface area contributed by atoms with E-state index in [4.69, 9.17) is 5.73 Å². The highest BCUT2D eigenvalue weighted by atomic mass is 16.2. The van der Waals surface area contributed by atoms with Gasteiger partial charge in [-0.3, -0.25) is 9.59 Å². The lowest BCUT2D eigenvalue weighted by molar-refractivity contribution is -0.115. The number of benzene rings is 1. The van der Waals surface area contributed by atoms with Crippen LogP contribution in [0.3, 0.4) is 0 Å². The molecule has 0 radical (unpaired) electrons. The molecule has 0 spiro atoms. The third kappa shape index (κ3) is 1.68. The molecule has 0 aromatic heterocycles. The molecule has 0 unspecified atom stereocenters. The summed E-state index contributed by atoms with van der Waals surface area (Å²) in [6, 6.07) is 5.43. The Morgan fingerprint density at radius 1 is 1.41 bits per heavy atom. The monoisotopic (exact) mass is 231 g/mol. The molecule has 2 amide bonds. The topological polar surface area (TPSA) is 75.4 Å². The Bertz CT molecular complexity index is 506. The predicted molar refractivity (Wildman–Crippen MR) is 62.7 cm³/mol. The van der Waals surface area contributed by atoms with Crippen LogP contribution in [0.4, 0.5) is 5.69 Å². The fourth-order valence-corrected chi connectivity index (χ4v) is 2.22. The van der Waals surface area contributed by atoms with Crippen molar-refractivity contribution in [1.29, 1.82) is 0 Å². The molecular weight excluding hydrogens is 218 g/mol. The molecule has 2 heterocycles. The Labute approximate surface area is 98.6 Å². The fraction of sp³-hybridized carbons (Fsp3) is 0.333. The van der Waals surface area contributed by atoms with Gasteiger partial charge in [-0.15, -0.1) is 0 Å². The van der Waals surface area contributed by atoms with Gasteiger partial charge >= 0.3 is 0 Å². The molecule has 1 aromatic carbocycles. The van der Waals surface area contributed by atoms with E-state index in [9.17, 15) is 9.59 Å². The predicted octanol–water partition coefficient (Wildman–Crippen LogP) is -0.0357. The number of carbonyl (C=O) groups is 2. The van der Waals surface area contributed by atoms with Gasteiger partial charge in [0.2, 0.25) is 5.91 Å². The molecule has 3 rings (SSSR count). The summed E-state index contributed by atoms with van der Waals surface area (Å²) in [6.45, 7) is 1.24. The molecule has 1 fully saturated rings. The maximum atomic E-state index is 12.0. The number of fused-ring (bicyclic) bond motifs is 1. The van der Waals surface area contributed by atoms with Gasteiger partial charge in [-0.1, -0.05) is 0 Å². The highest BCUT2D eigenvalue weighted by Crippen LogP contribution is 2.25. The van der Waals surface area contributed by atoms with Crippen LogP contribution in [0.15, 0.2) is 18.2 Å². The number of rotatable bonds is 1. The van der Waals surface area contributed by atoms with Crippen LogP contribution in [0.2, 0.25) is 0 Å². The summed E-state index contributed by atoms with van der Waals surface area (Å²) < 4.78 is 0. The van der Waals surface area contributed by atoms with Crippen LogP contribution in [-0.4, -0.2) is 35.8 Å². The van der Waals surface area contributed by atoms with Crippen molar-refractivity contribution in [3.8, 4) is 0 Å². The number of nitrogens with one attached hydrogen (secondary N) is 1. The Morgan fingerprint density at radius 3 is 2.88 bits per heavy atom. The van der Waals surface area contributed by atoms with E-state index < -0.39 is 0 Å². The number of carbonyl (C=O) groups excluding carboxylic acids is 2. The first-order valence-corrected chi connectivity index (χ1v) is 5.61. The maximum Gasteiger partial charge on any atom is 0.253 e. The zero-order chi connectivity index (χ0) is 12.0. The molecule has 0 aliphatic carbocycles. The van der Waals surface area contributed by atoms with E-state index in [-0.39, 0.29) is 17.9 Å². The largest absolute Gasteiger partial charge is 0.335 e. The molecule has 2 aliphatic rings. The SMILES string of the molecule is NC1CN(C(=O)c2ccc3c(c2)CC(=O)N3)C1. The normalized spacial score (nSPS) is 18.6. The van der Waals surface area contributed by atoms with Gasteiger partial charge in [0.15, 0.2) is 0 Å². The van der Waals surface area contributed by atoms with Gasteiger partial charge in [0.25, 0.3) is 5.91 Å². The average Bonchev–Trinajstić information content (AvgIpc) is 2.62. The Morgan fingerprint density at radius 2 is 2.18 bits per heavy atom. The first kappa shape index (κ1) is 10.3. The average molecular weight is 231 g/mol. The minimum absolute atomic E-state index is 0.00570. The fourth-order valence-electron chi connectivity index (χ4n) is 2.22. The molecule has 5 nitrogen and oxygen atoms in total. The molecule has 1 aromatic rings. The lowest BCUT2D eigenvalue weighted by Gasteiger charge is -2.36. The molecule has 0 atom stereocenters. The number of anilines is 1. The summed E-state index contributed by atoms with van der Waals surface area (Å²) in [5, 5.41) is 2.74. The smallest absolute Gasteiger partial charge is 0.253 e. The zero-order valence-electron chi connectivity index (χ0n) is 9.27. The van der Waals surface area contributed by atoms with Crippen LogP contribution in [0.5, 0.6) is 0 Å². The number of likely N-dealkylation sites (tertiary alicyclic amines) is 1. The van der Waals surface area contributed by atoms with Crippen molar-refractivity contribution in [2.75, 3.05) is 18.4 Å². The second-order valence-corrected chi connectivity index (χ2v) is 4.57. The molecular formula is C12H13N3O2. The lowest BCUT2D eigenvalue weighted by atomic mass is 10.0. The van der Waals surface area contributed by atoms with E-state index in [1.807, 2.05) is 0 Å². The van der Waals surface area contributed by atoms with Gasteiger partial charge in [-0.05, 0) is 23.8 Å². The number of hydrogen-bond acceptors (Lipinski definition) is 3. The van der Waals surface area contributed by atoms with Crippen molar-refractivity contribution in [1.82, 2.24) is 4.90 Å². The summed E-state index contributed by atoms with van der Waals surface area (Å²) in [7, 11) is 0. The van der Waals surface area contributed by atoms with Gasteiger partial charge < -0.3 is 16.0 Å². The molecule has 1 saturated heterocycles. The van der Waals surface area contributed by atoms with E-state index in [0.717, 1.165) is 11.3 Å². The Hall–Kier alpha value is -1.88. The number of nitrogens with two attached hydrogens (primary N) is 1. The first-order chi connectivity index (χ1) is 8.13. The molecule has 0 saturated carbocycles. The van der Waals surface area contributed by atoms with Crippen molar-refractivity contribution in [2.24, 2.45) is 5.73 Å². The minimum Gasteiger partial charge on any atom is -0.335 e. The van der Waals surface area contributed by atoms with Crippen molar-refractivity contribution in [2.45, 2.75) is 12.5 Å². The third-order valence-corrected chi connectivity index (χ3v) is 3.17.